The largest absolute Gasteiger partial charge is 0.573 e. The summed E-state index contributed by atoms with van der Waals surface area (Å²) in [6.07, 6.45) is 1.96. The highest BCUT2D eigenvalue weighted by atomic mass is 19.4. The standard InChI is InChI=1S/C19H22F3NO4/c1-13-4-2-3-5-16(13)23-17(24)12-26-18(25)11-8-14-6-9-15(10-7-14)27-19(20,21)22/h6-11,13,16H,2-5,12H2,1H3,(H,23,24)/b11-8+/t13-,16+/m1/s1. The van der Waals surface area contributed by atoms with E-state index in [-0.39, 0.29) is 24.3 Å². The Morgan fingerprint density at radius 1 is 1.19 bits per heavy atom. The Kier molecular flexibility index (Phi) is 7.27. The molecule has 5 nitrogen and oxygen atoms in total. The number of amides is 1. The van der Waals surface area contributed by atoms with Crippen LogP contribution in [-0.2, 0) is 14.3 Å². The second kappa shape index (κ2) is 9.43. The zero-order valence-corrected chi connectivity index (χ0v) is 14.9. The van der Waals surface area contributed by atoms with Crippen LogP contribution in [-0.4, -0.2) is 30.9 Å². The number of rotatable bonds is 6. The van der Waals surface area contributed by atoms with Crippen LogP contribution in [0.15, 0.2) is 30.3 Å². The lowest BCUT2D eigenvalue weighted by atomic mass is 9.86. The third-order valence-electron chi connectivity index (χ3n) is 4.33. The molecule has 1 saturated carbocycles. The van der Waals surface area contributed by atoms with E-state index in [1.54, 1.807) is 0 Å². The number of carbonyl (C=O) groups excluding carboxylic acids is 2. The summed E-state index contributed by atoms with van der Waals surface area (Å²) in [5.41, 5.74) is 0.488. The van der Waals surface area contributed by atoms with Crippen molar-refractivity contribution in [3.05, 3.63) is 35.9 Å². The van der Waals surface area contributed by atoms with Crippen LogP contribution in [0.2, 0.25) is 0 Å². The number of esters is 1. The number of ether oxygens (including phenoxy) is 2. The SMILES string of the molecule is C[C@@H]1CCCC[C@@H]1NC(=O)COC(=O)/C=C/c1ccc(OC(F)(F)F)cc1. The topological polar surface area (TPSA) is 64.6 Å². The molecule has 27 heavy (non-hydrogen) atoms. The lowest BCUT2D eigenvalue weighted by Gasteiger charge is -2.29. The Balaban J connectivity index is 1.75. The molecule has 1 fully saturated rings. The first-order valence-electron chi connectivity index (χ1n) is 8.73. The summed E-state index contributed by atoms with van der Waals surface area (Å²) in [6, 6.07) is 5.11. The summed E-state index contributed by atoms with van der Waals surface area (Å²) < 4.78 is 44.9. The van der Waals surface area contributed by atoms with Crippen LogP contribution in [0.5, 0.6) is 5.75 Å². The smallest absolute Gasteiger partial charge is 0.452 e. The molecule has 1 aromatic carbocycles. The molecular formula is C19H22F3NO4. The van der Waals surface area contributed by atoms with Crippen molar-refractivity contribution in [2.75, 3.05) is 6.61 Å². The number of hydrogen-bond donors (Lipinski definition) is 1. The van der Waals surface area contributed by atoms with E-state index < -0.39 is 12.3 Å². The molecule has 0 heterocycles. The van der Waals surface area contributed by atoms with Crippen molar-refractivity contribution >= 4 is 18.0 Å². The number of hydrogen-bond acceptors (Lipinski definition) is 4. The van der Waals surface area contributed by atoms with E-state index in [0.717, 1.165) is 43.9 Å². The summed E-state index contributed by atoms with van der Waals surface area (Å²) in [7, 11) is 0. The van der Waals surface area contributed by atoms with Gasteiger partial charge in [0.05, 0.1) is 0 Å². The van der Waals surface area contributed by atoms with Gasteiger partial charge >= 0.3 is 12.3 Å². The average molecular weight is 385 g/mol. The van der Waals surface area contributed by atoms with Crippen molar-refractivity contribution < 1.29 is 32.2 Å². The monoisotopic (exact) mass is 385 g/mol. The summed E-state index contributed by atoms with van der Waals surface area (Å²) in [5, 5.41) is 2.88. The molecule has 0 unspecified atom stereocenters. The van der Waals surface area contributed by atoms with Crippen molar-refractivity contribution in [2.24, 2.45) is 5.92 Å². The van der Waals surface area contributed by atoms with E-state index in [1.807, 2.05) is 0 Å². The van der Waals surface area contributed by atoms with Crippen molar-refractivity contribution in [1.29, 1.82) is 0 Å². The quantitative estimate of drug-likeness (QED) is 0.597. The Hall–Kier alpha value is -2.51. The first-order valence-corrected chi connectivity index (χ1v) is 8.73. The zero-order valence-electron chi connectivity index (χ0n) is 14.9. The van der Waals surface area contributed by atoms with Gasteiger partial charge in [0.15, 0.2) is 6.61 Å². The van der Waals surface area contributed by atoms with E-state index in [9.17, 15) is 22.8 Å². The molecular weight excluding hydrogens is 363 g/mol. The van der Waals surface area contributed by atoms with Crippen molar-refractivity contribution in [3.63, 3.8) is 0 Å². The summed E-state index contributed by atoms with van der Waals surface area (Å²) >= 11 is 0. The Bertz CT molecular complexity index is 671. The normalized spacial score (nSPS) is 20.3. The van der Waals surface area contributed by atoms with Crippen molar-refractivity contribution in [3.8, 4) is 5.75 Å². The minimum Gasteiger partial charge on any atom is -0.452 e. The lowest BCUT2D eigenvalue weighted by Crippen LogP contribution is -2.42. The average Bonchev–Trinajstić information content (AvgIpc) is 2.60. The molecule has 0 saturated heterocycles. The fourth-order valence-corrected chi connectivity index (χ4v) is 2.91. The fourth-order valence-electron chi connectivity index (χ4n) is 2.91. The van der Waals surface area contributed by atoms with E-state index >= 15 is 0 Å². The van der Waals surface area contributed by atoms with Crippen LogP contribution in [0.1, 0.15) is 38.2 Å². The van der Waals surface area contributed by atoms with Gasteiger partial charge in [0.2, 0.25) is 0 Å². The first kappa shape index (κ1) is 20.8. The number of halogens is 3. The second-order valence-electron chi connectivity index (χ2n) is 6.49. The lowest BCUT2D eigenvalue weighted by molar-refractivity contribution is -0.274. The fraction of sp³-hybridized carbons (Fsp3) is 0.474. The van der Waals surface area contributed by atoms with Gasteiger partial charge in [0.25, 0.3) is 5.91 Å². The molecule has 1 aliphatic rings. The van der Waals surface area contributed by atoms with E-state index in [0.29, 0.717) is 11.5 Å². The van der Waals surface area contributed by atoms with Crippen molar-refractivity contribution in [1.82, 2.24) is 5.32 Å². The van der Waals surface area contributed by atoms with Gasteiger partial charge < -0.3 is 14.8 Å². The molecule has 8 heteroatoms. The molecule has 0 aliphatic heterocycles. The van der Waals surface area contributed by atoms with Gasteiger partial charge in [-0.3, -0.25) is 4.79 Å². The van der Waals surface area contributed by atoms with E-state index in [4.69, 9.17) is 4.74 Å². The van der Waals surface area contributed by atoms with Crippen LogP contribution < -0.4 is 10.1 Å². The Morgan fingerprint density at radius 2 is 1.85 bits per heavy atom. The van der Waals surface area contributed by atoms with Crippen molar-refractivity contribution in [2.45, 2.75) is 45.0 Å². The molecule has 2 atom stereocenters. The maximum Gasteiger partial charge on any atom is 0.573 e. The van der Waals surface area contributed by atoms with Gasteiger partial charge in [-0.15, -0.1) is 13.2 Å². The van der Waals surface area contributed by atoms with Gasteiger partial charge in [-0.1, -0.05) is 31.9 Å². The molecule has 1 amide bonds. The number of alkyl halides is 3. The predicted octanol–water partition coefficient (Wildman–Crippen LogP) is 3.84. The van der Waals surface area contributed by atoms with E-state index in [1.165, 1.54) is 18.2 Å². The third-order valence-corrected chi connectivity index (χ3v) is 4.33. The highest BCUT2D eigenvalue weighted by Crippen LogP contribution is 2.24. The number of carbonyl (C=O) groups is 2. The molecule has 1 N–H and O–H groups in total. The minimum atomic E-state index is -4.75. The molecule has 1 aliphatic carbocycles. The van der Waals surface area contributed by atoms with Gasteiger partial charge in [0, 0.05) is 12.1 Å². The molecule has 0 radical (unpaired) electrons. The maximum absolute atomic E-state index is 12.1. The Labute approximate surface area is 155 Å². The number of benzene rings is 1. The zero-order chi connectivity index (χ0) is 19.9. The molecule has 2 rings (SSSR count). The Morgan fingerprint density at radius 3 is 2.48 bits per heavy atom. The van der Waals surface area contributed by atoms with Crippen LogP contribution in [0.25, 0.3) is 6.08 Å². The van der Waals surface area contributed by atoms with Gasteiger partial charge in [-0.25, -0.2) is 4.79 Å². The minimum absolute atomic E-state index is 0.109. The maximum atomic E-state index is 12.1. The van der Waals surface area contributed by atoms with Crippen LogP contribution >= 0.6 is 0 Å². The summed E-state index contributed by atoms with van der Waals surface area (Å²) in [5.74, 6) is -1.000. The molecule has 1 aromatic rings. The van der Waals surface area contributed by atoms with Crippen LogP contribution in [0.4, 0.5) is 13.2 Å². The summed E-state index contributed by atoms with van der Waals surface area (Å²) in [6.45, 7) is 1.72. The molecule has 0 bridgehead atoms. The highest BCUT2D eigenvalue weighted by Gasteiger charge is 2.30. The van der Waals surface area contributed by atoms with E-state index in [2.05, 4.69) is 17.0 Å². The number of nitrogens with one attached hydrogen (secondary N) is 1. The van der Waals surface area contributed by atoms with Gasteiger partial charge in [-0.05, 0) is 42.5 Å². The highest BCUT2D eigenvalue weighted by molar-refractivity contribution is 5.89. The molecule has 0 spiro atoms. The molecule has 0 aromatic heterocycles. The summed E-state index contributed by atoms with van der Waals surface area (Å²) in [4.78, 5) is 23.5. The second-order valence-corrected chi connectivity index (χ2v) is 6.49. The molecule has 148 valence electrons. The van der Waals surface area contributed by atoms with Crippen LogP contribution in [0.3, 0.4) is 0 Å². The van der Waals surface area contributed by atoms with Crippen LogP contribution in [0, 0.1) is 5.92 Å². The van der Waals surface area contributed by atoms with Gasteiger partial charge in [0.1, 0.15) is 5.75 Å². The predicted molar refractivity (Wildman–Crippen MR) is 92.7 cm³/mol. The third kappa shape index (κ3) is 7.72. The van der Waals surface area contributed by atoms with Gasteiger partial charge in [-0.2, -0.15) is 0 Å². The first-order chi connectivity index (χ1) is 12.7.